The maximum atomic E-state index is 12.8. The summed E-state index contributed by atoms with van der Waals surface area (Å²) in [5.41, 5.74) is 9.73. The van der Waals surface area contributed by atoms with Gasteiger partial charge in [-0.25, -0.2) is 10.1 Å². The van der Waals surface area contributed by atoms with Gasteiger partial charge in [0.1, 0.15) is 0 Å². The minimum absolute atomic E-state index is 0.0522. The number of rotatable bonds is 10. The smallest absolute Gasteiger partial charge is 0.293 e. The van der Waals surface area contributed by atoms with Crippen molar-refractivity contribution in [2.75, 3.05) is 18.8 Å². The maximum absolute atomic E-state index is 12.8. The van der Waals surface area contributed by atoms with Gasteiger partial charge in [-0.05, 0) is 53.9 Å². The Morgan fingerprint density at radius 1 is 1.26 bits per heavy atom. The third-order valence-electron chi connectivity index (χ3n) is 4.38. The molecular weight excluding hydrogens is 422 g/mol. The van der Waals surface area contributed by atoms with E-state index in [0.717, 1.165) is 31.5 Å². The summed E-state index contributed by atoms with van der Waals surface area (Å²) in [7, 11) is 0. The second-order valence-corrected chi connectivity index (χ2v) is 7.23. The highest BCUT2D eigenvalue weighted by atomic mass is 35.5. The van der Waals surface area contributed by atoms with Gasteiger partial charge in [0.25, 0.3) is 5.91 Å². The van der Waals surface area contributed by atoms with Crippen LogP contribution in [-0.4, -0.2) is 55.4 Å². The van der Waals surface area contributed by atoms with E-state index in [4.69, 9.17) is 17.3 Å². The van der Waals surface area contributed by atoms with Gasteiger partial charge in [-0.1, -0.05) is 42.8 Å². The van der Waals surface area contributed by atoms with Crippen LogP contribution in [0.4, 0.5) is 5.82 Å². The van der Waals surface area contributed by atoms with Crippen molar-refractivity contribution >= 4 is 29.5 Å². The van der Waals surface area contributed by atoms with Crippen LogP contribution in [0, 0.1) is 0 Å². The van der Waals surface area contributed by atoms with Crippen LogP contribution in [0.1, 0.15) is 48.4 Å². The third-order valence-corrected chi connectivity index (χ3v) is 4.63. The molecule has 1 aromatic carbocycles. The SMILES string of the molecule is CCCN(CCC)Cc1c(C(=O)NN=Cc2ccc(Cl)cc2)nnn1-c1nonc1N. The van der Waals surface area contributed by atoms with E-state index in [2.05, 4.69) is 54.5 Å². The van der Waals surface area contributed by atoms with Crippen LogP contribution in [0.3, 0.4) is 0 Å². The first kappa shape index (κ1) is 22.4. The summed E-state index contributed by atoms with van der Waals surface area (Å²) < 4.78 is 6.06. The van der Waals surface area contributed by atoms with Gasteiger partial charge in [0, 0.05) is 11.6 Å². The van der Waals surface area contributed by atoms with Crippen molar-refractivity contribution in [1.29, 1.82) is 0 Å². The van der Waals surface area contributed by atoms with Gasteiger partial charge in [0.2, 0.25) is 11.6 Å². The number of nitrogens with zero attached hydrogens (tertiary/aromatic N) is 7. The Bertz CT molecular complexity index is 1020. The number of nitrogens with one attached hydrogen (secondary N) is 1. The molecule has 0 aliphatic rings. The fourth-order valence-electron chi connectivity index (χ4n) is 3.01. The number of nitrogen functional groups attached to an aromatic ring is 1. The van der Waals surface area contributed by atoms with Crippen LogP contribution in [-0.2, 0) is 6.54 Å². The molecule has 2 heterocycles. The molecule has 0 spiro atoms. The number of hydrazone groups is 1. The lowest BCUT2D eigenvalue weighted by molar-refractivity contribution is 0.0947. The van der Waals surface area contributed by atoms with Crippen molar-refractivity contribution in [2.24, 2.45) is 5.10 Å². The number of amides is 1. The molecule has 12 heteroatoms. The molecule has 0 saturated heterocycles. The topological polar surface area (TPSA) is 140 Å². The second-order valence-electron chi connectivity index (χ2n) is 6.80. The molecule has 0 fully saturated rings. The van der Waals surface area contributed by atoms with E-state index >= 15 is 0 Å². The molecule has 164 valence electrons. The van der Waals surface area contributed by atoms with Gasteiger partial charge in [-0.2, -0.15) is 9.78 Å². The summed E-state index contributed by atoms with van der Waals surface area (Å²) in [5.74, 6) is -0.273. The second kappa shape index (κ2) is 10.6. The third kappa shape index (κ3) is 5.64. The molecule has 0 bridgehead atoms. The standard InChI is InChI=1S/C19H24ClN9O2/c1-3-9-28(10-4-2)12-15-16(23-27-29(15)18-17(21)25-31-26-18)19(30)24-22-11-13-5-7-14(20)8-6-13/h5-8,11H,3-4,9-10,12H2,1-2H3,(H2,21,25)(H,24,30). The van der Waals surface area contributed by atoms with Gasteiger partial charge in [-0.15, -0.1) is 5.10 Å². The molecule has 0 radical (unpaired) electrons. The molecule has 1 amide bonds. The van der Waals surface area contributed by atoms with Gasteiger partial charge in [0.05, 0.1) is 11.9 Å². The van der Waals surface area contributed by atoms with E-state index in [1.54, 1.807) is 24.3 Å². The Morgan fingerprint density at radius 2 is 1.97 bits per heavy atom. The Hall–Kier alpha value is -3.31. The largest absolute Gasteiger partial charge is 0.378 e. The lowest BCUT2D eigenvalue weighted by Gasteiger charge is -2.21. The predicted molar refractivity (Wildman–Crippen MR) is 116 cm³/mol. The molecular formula is C19H24ClN9O2. The fraction of sp³-hybridized carbons (Fsp3) is 0.368. The first-order valence-corrected chi connectivity index (χ1v) is 10.3. The van der Waals surface area contributed by atoms with Crippen LogP contribution in [0.25, 0.3) is 5.82 Å². The fourth-order valence-corrected chi connectivity index (χ4v) is 3.14. The molecule has 2 aromatic heterocycles. The number of halogens is 1. The van der Waals surface area contributed by atoms with Crippen molar-refractivity contribution in [2.45, 2.75) is 33.2 Å². The summed E-state index contributed by atoms with van der Waals surface area (Å²) >= 11 is 5.87. The first-order valence-electron chi connectivity index (χ1n) is 9.87. The zero-order valence-electron chi connectivity index (χ0n) is 17.3. The zero-order valence-corrected chi connectivity index (χ0v) is 18.1. The Labute approximate surface area is 184 Å². The summed E-state index contributed by atoms with van der Waals surface area (Å²) in [6.45, 7) is 6.31. The van der Waals surface area contributed by atoms with Gasteiger partial charge in [-0.3, -0.25) is 9.69 Å². The highest BCUT2D eigenvalue weighted by Crippen LogP contribution is 2.18. The Morgan fingerprint density at radius 3 is 2.58 bits per heavy atom. The number of hydrogen-bond donors (Lipinski definition) is 2. The molecule has 0 unspecified atom stereocenters. The molecule has 3 aromatic rings. The van der Waals surface area contributed by atoms with Crippen molar-refractivity contribution < 1.29 is 9.42 Å². The summed E-state index contributed by atoms with van der Waals surface area (Å²) in [6.07, 6.45) is 3.43. The molecule has 0 saturated carbocycles. The molecule has 31 heavy (non-hydrogen) atoms. The van der Waals surface area contributed by atoms with Crippen LogP contribution in [0.15, 0.2) is 34.0 Å². The number of nitrogens with two attached hydrogens (primary N) is 1. The van der Waals surface area contributed by atoms with E-state index in [1.165, 1.54) is 10.9 Å². The summed E-state index contributed by atoms with van der Waals surface area (Å²) in [5, 5.41) is 20.1. The highest BCUT2D eigenvalue weighted by Gasteiger charge is 2.25. The Balaban J connectivity index is 1.86. The van der Waals surface area contributed by atoms with Crippen LogP contribution >= 0.6 is 11.6 Å². The van der Waals surface area contributed by atoms with Gasteiger partial charge >= 0.3 is 0 Å². The number of anilines is 1. The van der Waals surface area contributed by atoms with Crippen LogP contribution < -0.4 is 11.2 Å². The molecule has 3 rings (SSSR count). The van der Waals surface area contributed by atoms with E-state index in [-0.39, 0.29) is 17.3 Å². The normalized spacial score (nSPS) is 11.5. The minimum Gasteiger partial charge on any atom is -0.378 e. The summed E-state index contributed by atoms with van der Waals surface area (Å²) in [4.78, 5) is 15.0. The predicted octanol–water partition coefficient (Wildman–Crippen LogP) is 2.27. The molecule has 0 aliphatic carbocycles. The number of aromatic nitrogens is 5. The monoisotopic (exact) mass is 445 g/mol. The van der Waals surface area contributed by atoms with Gasteiger partial charge in [0.15, 0.2) is 5.69 Å². The van der Waals surface area contributed by atoms with Crippen LogP contribution in [0.5, 0.6) is 0 Å². The van der Waals surface area contributed by atoms with E-state index < -0.39 is 5.91 Å². The lowest BCUT2D eigenvalue weighted by Crippen LogP contribution is -2.28. The first-order chi connectivity index (χ1) is 15.0. The molecule has 3 N–H and O–H groups in total. The van der Waals surface area contributed by atoms with E-state index in [1.807, 2.05) is 0 Å². The van der Waals surface area contributed by atoms with Crippen molar-refractivity contribution in [3.63, 3.8) is 0 Å². The van der Waals surface area contributed by atoms with Crippen molar-refractivity contribution in [3.8, 4) is 5.82 Å². The minimum atomic E-state index is -0.505. The van der Waals surface area contributed by atoms with Crippen molar-refractivity contribution in [1.82, 2.24) is 35.6 Å². The Kier molecular flexibility index (Phi) is 7.68. The molecule has 0 atom stereocenters. The molecule has 0 aliphatic heterocycles. The van der Waals surface area contributed by atoms with Crippen LogP contribution in [0.2, 0.25) is 5.02 Å². The highest BCUT2D eigenvalue weighted by molar-refractivity contribution is 6.30. The zero-order chi connectivity index (χ0) is 22.2. The maximum Gasteiger partial charge on any atom is 0.293 e. The number of carbonyl (C=O) groups excluding carboxylic acids is 1. The van der Waals surface area contributed by atoms with Gasteiger partial charge < -0.3 is 5.73 Å². The quantitative estimate of drug-likeness (QED) is 0.357. The van der Waals surface area contributed by atoms with E-state index in [0.29, 0.717) is 17.3 Å². The van der Waals surface area contributed by atoms with Crippen molar-refractivity contribution in [3.05, 3.63) is 46.2 Å². The lowest BCUT2D eigenvalue weighted by atomic mass is 10.2. The van der Waals surface area contributed by atoms with E-state index in [9.17, 15) is 4.79 Å². The average molecular weight is 446 g/mol. The summed E-state index contributed by atoms with van der Waals surface area (Å²) in [6, 6.07) is 7.04. The number of carbonyl (C=O) groups is 1. The number of benzene rings is 1. The number of hydrogen-bond acceptors (Lipinski definition) is 9. The average Bonchev–Trinajstić information content (AvgIpc) is 3.35. The molecule has 11 nitrogen and oxygen atoms in total.